The molecule has 1 rings (SSSR count). The molecule has 14 heavy (non-hydrogen) atoms. The van der Waals surface area contributed by atoms with Crippen molar-refractivity contribution >= 4 is 23.1 Å². The number of pyridine rings is 1. The van der Waals surface area contributed by atoms with E-state index in [0.717, 1.165) is 17.9 Å². The summed E-state index contributed by atoms with van der Waals surface area (Å²) in [6.45, 7) is 2.17. The minimum absolute atomic E-state index is 0.494. The van der Waals surface area contributed by atoms with Crippen LogP contribution < -0.4 is 11.1 Å². The molecule has 1 atom stereocenters. The number of nitrogens with zero attached hydrogens (tertiary/aromatic N) is 1. The first kappa shape index (κ1) is 11.2. The molecule has 0 aliphatic heterocycles. The molecule has 3 nitrogen and oxygen atoms in total. The molecule has 0 amide bonds. The molecule has 1 unspecified atom stereocenters. The first-order valence-electron chi connectivity index (χ1n) is 4.72. The summed E-state index contributed by atoms with van der Waals surface area (Å²) in [6.07, 6.45) is 6.68. The molecule has 0 fully saturated rings. The van der Waals surface area contributed by atoms with Gasteiger partial charge in [-0.2, -0.15) is 11.8 Å². The van der Waals surface area contributed by atoms with Gasteiger partial charge in [-0.15, -0.1) is 0 Å². The highest BCUT2D eigenvalue weighted by atomic mass is 32.2. The average Bonchev–Trinajstić information content (AvgIpc) is 2.17. The van der Waals surface area contributed by atoms with Crippen molar-refractivity contribution in [3.63, 3.8) is 0 Å². The number of nitrogens with two attached hydrogens (primary N) is 1. The van der Waals surface area contributed by atoms with Gasteiger partial charge >= 0.3 is 0 Å². The Labute approximate surface area is 89.5 Å². The zero-order chi connectivity index (χ0) is 10.4. The predicted octanol–water partition coefficient (Wildman–Crippen LogP) is 2.22. The van der Waals surface area contributed by atoms with Gasteiger partial charge in [0.15, 0.2) is 0 Å². The number of aromatic nitrogens is 1. The summed E-state index contributed by atoms with van der Waals surface area (Å²) in [4.78, 5) is 4.04. The normalized spacial score (nSPS) is 12.4. The summed E-state index contributed by atoms with van der Waals surface area (Å²) in [5.74, 6) is 1.10. The third kappa shape index (κ3) is 3.46. The monoisotopic (exact) mass is 211 g/mol. The second-order valence-corrected chi connectivity index (χ2v) is 4.12. The molecule has 0 aromatic carbocycles. The minimum Gasteiger partial charge on any atom is -0.397 e. The molecule has 0 spiro atoms. The van der Waals surface area contributed by atoms with Crippen LogP contribution in [0.1, 0.15) is 13.3 Å². The van der Waals surface area contributed by atoms with Gasteiger partial charge < -0.3 is 11.1 Å². The highest BCUT2D eigenvalue weighted by Crippen LogP contribution is 2.13. The maximum Gasteiger partial charge on any atom is 0.0549 e. The Morgan fingerprint density at radius 2 is 2.36 bits per heavy atom. The second-order valence-electron chi connectivity index (χ2n) is 3.21. The Bertz CT molecular complexity index is 278. The van der Waals surface area contributed by atoms with Crippen LogP contribution in [-0.4, -0.2) is 23.0 Å². The quantitative estimate of drug-likeness (QED) is 0.784. The average molecular weight is 211 g/mol. The van der Waals surface area contributed by atoms with Crippen molar-refractivity contribution in [2.24, 2.45) is 0 Å². The molecular weight excluding hydrogens is 194 g/mol. The Balaban J connectivity index is 2.57. The van der Waals surface area contributed by atoms with E-state index in [1.165, 1.54) is 0 Å². The molecule has 1 heterocycles. The smallest absolute Gasteiger partial charge is 0.0549 e. The zero-order valence-electron chi connectivity index (χ0n) is 8.66. The van der Waals surface area contributed by atoms with E-state index in [9.17, 15) is 0 Å². The van der Waals surface area contributed by atoms with Gasteiger partial charge in [0.25, 0.3) is 0 Å². The molecule has 0 bridgehead atoms. The Kier molecular flexibility index (Phi) is 4.59. The van der Waals surface area contributed by atoms with Crippen LogP contribution in [0.15, 0.2) is 18.5 Å². The minimum atomic E-state index is 0.494. The molecular formula is C10H17N3S. The number of anilines is 2. The lowest BCUT2D eigenvalue weighted by Gasteiger charge is -2.16. The third-order valence-corrected chi connectivity index (χ3v) is 2.73. The van der Waals surface area contributed by atoms with Gasteiger partial charge in [0.2, 0.25) is 0 Å². The SMILES string of the molecule is CCC(CSC)Nc1cncc(N)c1. The van der Waals surface area contributed by atoms with Crippen molar-refractivity contribution in [1.29, 1.82) is 0 Å². The number of rotatable bonds is 5. The van der Waals surface area contributed by atoms with Crippen LogP contribution in [0.4, 0.5) is 11.4 Å². The van der Waals surface area contributed by atoms with E-state index in [1.807, 2.05) is 17.8 Å². The van der Waals surface area contributed by atoms with E-state index in [-0.39, 0.29) is 0 Å². The lowest BCUT2D eigenvalue weighted by Crippen LogP contribution is -2.21. The van der Waals surface area contributed by atoms with Crippen molar-refractivity contribution < 1.29 is 0 Å². The van der Waals surface area contributed by atoms with Crippen molar-refractivity contribution in [2.75, 3.05) is 23.1 Å². The summed E-state index contributed by atoms with van der Waals surface area (Å²) in [7, 11) is 0. The Hall–Kier alpha value is -0.900. The number of nitrogen functional groups attached to an aromatic ring is 1. The fourth-order valence-corrected chi connectivity index (χ4v) is 1.96. The molecule has 4 heteroatoms. The van der Waals surface area contributed by atoms with Crippen molar-refractivity contribution in [3.05, 3.63) is 18.5 Å². The van der Waals surface area contributed by atoms with E-state index in [4.69, 9.17) is 5.73 Å². The van der Waals surface area contributed by atoms with Crippen LogP contribution in [0, 0.1) is 0 Å². The summed E-state index contributed by atoms with van der Waals surface area (Å²) >= 11 is 1.84. The number of hydrogen-bond acceptors (Lipinski definition) is 4. The summed E-state index contributed by atoms with van der Waals surface area (Å²) in [6, 6.07) is 2.41. The Morgan fingerprint density at radius 3 is 2.93 bits per heavy atom. The van der Waals surface area contributed by atoms with Gasteiger partial charge in [0, 0.05) is 18.0 Å². The van der Waals surface area contributed by atoms with Crippen LogP contribution in [0.3, 0.4) is 0 Å². The van der Waals surface area contributed by atoms with E-state index in [2.05, 4.69) is 23.5 Å². The maximum absolute atomic E-state index is 5.64. The van der Waals surface area contributed by atoms with Crippen LogP contribution in [-0.2, 0) is 0 Å². The molecule has 0 saturated carbocycles. The van der Waals surface area contributed by atoms with Crippen LogP contribution >= 0.6 is 11.8 Å². The van der Waals surface area contributed by atoms with Gasteiger partial charge in [0.05, 0.1) is 17.6 Å². The summed E-state index contributed by atoms with van der Waals surface area (Å²) < 4.78 is 0. The van der Waals surface area contributed by atoms with E-state index >= 15 is 0 Å². The number of nitrogens with one attached hydrogen (secondary N) is 1. The first-order chi connectivity index (χ1) is 6.76. The van der Waals surface area contributed by atoms with Gasteiger partial charge in [-0.3, -0.25) is 4.98 Å². The maximum atomic E-state index is 5.64. The molecule has 0 saturated heterocycles. The molecule has 1 aromatic heterocycles. The van der Waals surface area contributed by atoms with E-state index < -0.39 is 0 Å². The lowest BCUT2D eigenvalue weighted by atomic mass is 10.2. The van der Waals surface area contributed by atoms with Gasteiger partial charge in [0.1, 0.15) is 0 Å². The second kappa shape index (κ2) is 5.75. The molecule has 1 aromatic rings. The lowest BCUT2D eigenvalue weighted by molar-refractivity contribution is 0.774. The first-order valence-corrected chi connectivity index (χ1v) is 6.11. The highest BCUT2D eigenvalue weighted by molar-refractivity contribution is 7.98. The summed E-state index contributed by atoms with van der Waals surface area (Å²) in [5.41, 5.74) is 7.35. The zero-order valence-corrected chi connectivity index (χ0v) is 9.47. The van der Waals surface area contributed by atoms with Crippen molar-refractivity contribution in [3.8, 4) is 0 Å². The number of hydrogen-bond donors (Lipinski definition) is 2. The van der Waals surface area contributed by atoms with E-state index in [1.54, 1.807) is 12.4 Å². The van der Waals surface area contributed by atoms with Crippen molar-refractivity contribution in [1.82, 2.24) is 4.98 Å². The van der Waals surface area contributed by atoms with Crippen LogP contribution in [0.5, 0.6) is 0 Å². The predicted molar refractivity (Wildman–Crippen MR) is 64.7 cm³/mol. The fraction of sp³-hybridized carbons (Fsp3) is 0.500. The van der Waals surface area contributed by atoms with Gasteiger partial charge in [-0.1, -0.05) is 6.92 Å². The molecule has 0 aliphatic carbocycles. The van der Waals surface area contributed by atoms with Gasteiger partial charge in [-0.05, 0) is 18.7 Å². The molecule has 0 radical (unpaired) electrons. The highest BCUT2D eigenvalue weighted by Gasteiger charge is 2.04. The molecule has 0 aliphatic rings. The molecule has 3 N–H and O–H groups in total. The Morgan fingerprint density at radius 1 is 1.57 bits per heavy atom. The third-order valence-electron chi connectivity index (χ3n) is 1.99. The van der Waals surface area contributed by atoms with Crippen LogP contribution in [0.2, 0.25) is 0 Å². The van der Waals surface area contributed by atoms with E-state index in [0.29, 0.717) is 11.7 Å². The van der Waals surface area contributed by atoms with Crippen molar-refractivity contribution in [2.45, 2.75) is 19.4 Å². The van der Waals surface area contributed by atoms with Crippen LogP contribution in [0.25, 0.3) is 0 Å². The number of thioether (sulfide) groups is 1. The largest absolute Gasteiger partial charge is 0.397 e. The van der Waals surface area contributed by atoms with Gasteiger partial charge in [-0.25, -0.2) is 0 Å². The fourth-order valence-electron chi connectivity index (χ4n) is 1.24. The molecule has 78 valence electrons. The topological polar surface area (TPSA) is 50.9 Å². The summed E-state index contributed by atoms with van der Waals surface area (Å²) in [5, 5.41) is 3.41. The standard InChI is InChI=1S/C10H17N3S/c1-3-9(7-14-2)13-10-4-8(11)5-12-6-10/h4-6,9,13H,3,7,11H2,1-2H3.